The minimum atomic E-state index is 0.196. The van der Waals surface area contributed by atoms with Gasteiger partial charge in [-0.1, -0.05) is 6.07 Å². The van der Waals surface area contributed by atoms with Crippen LogP contribution in [-0.2, 0) is 11.2 Å². The first-order chi connectivity index (χ1) is 7.65. The van der Waals surface area contributed by atoms with E-state index in [1.807, 2.05) is 29.5 Å². The van der Waals surface area contributed by atoms with Crippen LogP contribution in [0.3, 0.4) is 0 Å². The van der Waals surface area contributed by atoms with E-state index in [4.69, 9.17) is 5.73 Å². The molecule has 0 aliphatic heterocycles. The summed E-state index contributed by atoms with van der Waals surface area (Å²) in [5, 5.41) is 2.00. The van der Waals surface area contributed by atoms with Gasteiger partial charge in [0.05, 0.1) is 6.42 Å². The summed E-state index contributed by atoms with van der Waals surface area (Å²) in [6.45, 7) is 1.51. The van der Waals surface area contributed by atoms with Crippen LogP contribution in [0.1, 0.15) is 17.7 Å². The number of carbonyl (C=O) groups excluding carboxylic acids is 1. The van der Waals surface area contributed by atoms with Crippen LogP contribution in [0.2, 0.25) is 0 Å². The van der Waals surface area contributed by atoms with Crippen LogP contribution < -0.4 is 5.73 Å². The maximum atomic E-state index is 11.9. The Morgan fingerprint density at radius 1 is 1.62 bits per heavy atom. The Kier molecular flexibility index (Phi) is 3.30. The zero-order valence-corrected chi connectivity index (χ0v) is 10.4. The molecule has 0 bridgehead atoms. The van der Waals surface area contributed by atoms with Crippen molar-refractivity contribution >= 4 is 17.2 Å². The van der Waals surface area contributed by atoms with E-state index in [1.54, 1.807) is 11.3 Å². The second-order valence-electron chi connectivity index (χ2n) is 4.71. The number of hydrogen-bond acceptors (Lipinski definition) is 3. The standard InChI is InChI=1S/C12H18N2OS/c1-14(9-12(8-13)4-5-12)11(15)7-10-3-2-6-16-10/h2-3,6H,4-5,7-9,13H2,1H3. The van der Waals surface area contributed by atoms with Crippen molar-refractivity contribution in [2.75, 3.05) is 20.1 Å². The predicted octanol–water partition coefficient (Wildman–Crippen LogP) is 1.49. The van der Waals surface area contributed by atoms with Crippen LogP contribution >= 0.6 is 11.3 Å². The third kappa shape index (κ3) is 2.62. The van der Waals surface area contributed by atoms with Gasteiger partial charge in [0.15, 0.2) is 0 Å². The number of hydrogen-bond donors (Lipinski definition) is 1. The molecule has 0 radical (unpaired) electrons. The van der Waals surface area contributed by atoms with Crippen LogP contribution in [-0.4, -0.2) is 30.9 Å². The van der Waals surface area contributed by atoms with Gasteiger partial charge in [0.25, 0.3) is 0 Å². The molecule has 16 heavy (non-hydrogen) atoms. The molecular formula is C12H18N2OS. The molecule has 4 heteroatoms. The van der Waals surface area contributed by atoms with Crippen molar-refractivity contribution < 1.29 is 4.79 Å². The van der Waals surface area contributed by atoms with E-state index in [0.29, 0.717) is 13.0 Å². The van der Waals surface area contributed by atoms with Gasteiger partial charge < -0.3 is 10.6 Å². The number of thiophene rings is 1. The van der Waals surface area contributed by atoms with E-state index < -0.39 is 0 Å². The summed E-state index contributed by atoms with van der Waals surface area (Å²) in [7, 11) is 1.88. The van der Waals surface area contributed by atoms with Crippen molar-refractivity contribution in [1.29, 1.82) is 0 Å². The van der Waals surface area contributed by atoms with Gasteiger partial charge in [0.2, 0.25) is 5.91 Å². The largest absolute Gasteiger partial charge is 0.345 e. The molecule has 1 amide bonds. The summed E-state index contributed by atoms with van der Waals surface area (Å²) in [6.07, 6.45) is 2.86. The lowest BCUT2D eigenvalue weighted by molar-refractivity contribution is -0.129. The average molecular weight is 238 g/mol. The Morgan fingerprint density at radius 3 is 2.88 bits per heavy atom. The SMILES string of the molecule is CN(CC1(CN)CC1)C(=O)Cc1cccs1. The summed E-state index contributed by atoms with van der Waals surface area (Å²) in [4.78, 5) is 14.9. The van der Waals surface area contributed by atoms with Gasteiger partial charge in [-0.3, -0.25) is 4.79 Å². The molecule has 1 aliphatic rings. The Hall–Kier alpha value is -0.870. The number of carbonyl (C=O) groups is 1. The van der Waals surface area contributed by atoms with Crippen molar-refractivity contribution in [2.24, 2.45) is 11.1 Å². The number of amides is 1. The lowest BCUT2D eigenvalue weighted by Crippen LogP contribution is -2.36. The maximum absolute atomic E-state index is 11.9. The summed E-state index contributed by atoms with van der Waals surface area (Å²) in [5.74, 6) is 0.196. The highest BCUT2D eigenvalue weighted by Crippen LogP contribution is 2.44. The summed E-state index contributed by atoms with van der Waals surface area (Å²) >= 11 is 1.64. The molecule has 1 fully saturated rings. The van der Waals surface area contributed by atoms with Crippen molar-refractivity contribution in [2.45, 2.75) is 19.3 Å². The van der Waals surface area contributed by atoms with Crippen LogP contribution in [0.4, 0.5) is 0 Å². The highest BCUT2D eigenvalue weighted by molar-refractivity contribution is 7.10. The molecule has 1 aromatic rings. The van der Waals surface area contributed by atoms with Gasteiger partial charge in [-0.05, 0) is 30.8 Å². The normalized spacial score (nSPS) is 17.1. The summed E-state index contributed by atoms with van der Waals surface area (Å²) in [6, 6.07) is 3.99. The number of nitrogens with two attached hydrogens (primary N) is 1. The fourth-order valence-corrected chi connectivity index (χ4v) is 2.59. The highest BCUT2D eigenvalue weighted by Gasteiger charge is 2.42. The van der Waals surface area contributed by atoms with Crippen molar-refractivity contribution in [3.8, 4) is 0 Å². The topological polar surface area (TPSA) is 46.3 Å². The third-order valence-electron chi connectivity index (χ3n) is 3.29. The third-order valence-corrected chi connectivity index (χ3v) is 4.17. The monoisotopic (exact) mass is 238 g/mol. The first-order valence-electron chi connectivity index (χ1n) is 5.62. The zero-order chi connectivity index (χ0) is 11.6. The number of nitrogens with zero attached hydrogens (tertiary/aromatic N) is 1. The minimum Gasteiger partial charge on any atom is -0.345 e. The lowest BCUT2D eigenvalue weighted by Gasteiger charge is -2.22. The Labute approximate surface area is 100 Å². The first-order valence-corrected chi connectivity index (χ1v) is 6.50. The highest BCUT2D eigenvalue weighted by atomic mass is 32.1. The Bertz CT molecular complexity index is 357. The van der Waals surface area contributed by atoms with Gasteiger partial charge in [-0.25, -0.2) is 0 Å². The molecule has 1 aliphatic carbocycles. The van der Waals surface area contributed by atoms with E-state index in [9.17, 15) is 4.79 Å². The number of likely N-dealkylation sites (N-methyl/N-ethyl adjacent to an activating group) is 1. The minimum absolute atomic E-state index is 0.196. The molecule has 1 aromatic heterocycles. The van der Waals surface area contributed by atoms with E-state index in [1.165, 1.54) is 12.8 Å². The van der Waals surface area contributed by atoms with E-state index >= 15 is 0 Å². The zero-order valence-electron chi connectivity index (χ0n) is 9.61. The predicted molar refractivity (Wildman–Crippen MR) is 66.4 cm³/mol. The summed E-state index contributed by atoms with van der Waals surface area (Å²) in [5.41, 5.74) is 5.95. The molecule has 2 rings (SSSR count). The van der Waals surface area contributed by atoms with Crippen molar-refractivity contribution in [3.63, 3.8) is 0 Å². The fourth-order valence-electron chi connectivity index (χ4n) is 1.89. The molecule has 3 nitrogen and oxygen atoms in total. The molecule has 1 heterocycles. The van der Waals surface area contributed by atoms with E-state index in [-0.39, 0.29) is 11.3 Å². The molecule has 0 atom stereocenters. The molecule has 2 N–H and O–H groups in total. The smallest absolute Gasteiger partial charge is 0.227 e. The van der Waals surface area contributed by atoms with Gasteiger partial charge in [0.1, 0.15) is 0 Å². The van der Waals surface area contributed by atoms with Gasteiger partial charge >= 0.3 is 0 Å². The van der Waals surface area contributed by atoms with E-state index in [0.717, 1.165) is 11.4 Å². The second kappa shape index (κ2) is 4.55. The number of rotatable bonds is 5. The van der Waals surface area contributed by atoms with Gasteiger partial charge in [-0.2, -0.15) is 0 Å². The fraction of sp³-hybridized carbons (Fsp3) is 0.583. The van der Waals surface area contributed by atoms with Gasteiger partial charge in [0, 0.05) is 23.9 Å². The maximum Gasteiger partial charge on any atom is 0.227 e. The van der Waals surface area contributed by atoms with Crippen LogP contribution in [0.5, 0.6) is 0 Å². The Balaban J connectivity index is 1.85. The molecule has 0 spiro atoms. The molecule has 0 aromatic carbocycles. The molecular weight excluding hydrogens is 220 g/mol. The average Bonchev–Trinajstić information content (AvgIpc) is 2.85. The van der Waals surface area contributed by atoms with Gasteiger partial charge in [-0.15, -0.1) is 11.3 Å². The van der Waals surface area contributed by atoms with Crippen molar-refractivity contribution in [3.05, 3.63) is 22.4 Å². The van der Waals surface area contributed by atoms with Crippen LogP contribution in [0.15, 0.2) is 17.5 Å². The van der Waals surface area contributed by atoms with Crippen molar-refractivity contribution in [1.82, 2.24) is 4.90 Å². The Morgan fingerprint density at radius 2 is 2.38 bits per heavy atom. The van der Waals surface area contributed by atoms with Crippen LogP contribution in [0, 0.1) is 5.41 Å². The molecule has 88 valence electrons. The molecule has 1 saturated carbocycles. The molecule has 0 saturated heterocycles. The quantitative estimate of drug-likeness (QED) is 0.844. The lowest BCUT2D eigenvalue weighted by atomic mass is 10.1. The second-order valence-corrected chi connectivity index (χ2v) is 5.74. The first kappa shape index (κ1) is 11.6. The van der Waals surface area contributed by atoms with E-state index in [2.05, 4.69) is 0 Å². The van der Waals surface area contributed by atoms with Crippen LogP contribution in [0.25, 0.3) is 0 Å². The summed E-state index contributed by atoms with van der Waals surface area (Å²) < 4.78 is 0. The molecule has 0 unspecified atom stereocenters.